The maximum Gasteiger partial charge on any atom is 0.119 e. The Kier molecular flexibility index (Phi) is 3.89. The highest BCUT2D eigenvalue weighted by atomic mass is 16.5. The molecule has 1 unspecified atom stereocenters. The van der Waals surface area contributed by atoms with Gasteiger partial charge in [0.1, 0.15) is 5.75 Å². The Morgan fingerprint density at radius 1 is 1.47 bits per heavy atom. The fraction of sp³-hybridized carbons (Fsp3) is 0.571. The van der Waals surface area contributed by atoms with Crippen LogP contribution in [0.2, 0.25) is 0 Å². The van der Waals surface area contributed by atoms with Gasteiger partial charge in [-0.15, -0.1) is 0 Å². The lowest BCUT2D eigenvalue weighted by atomic mass is 10.1. The molecular weight excluding hydrogens is 212 g/mol. The molecule has 1 saturated heterocycles. The third-order valence-corrected chi connectivity index (χ3v) is 3.26. The molecule has 0 amide bonds. The number of anilines is 1. The molecule has 1 heterocycles. The summed E-state index contributed by atoms with van der Waals surface area (Å²) in [6.07, 6.45) is 1.23. The van der Waals surface area contributed by atoms with E-state index in [1.807, 2.05) is 13.0 Å². The molecule has 17 heavy (non-hydrogen) atoms. The normalized spacial score (nSPS) is 20.5. The average molecular weight is 234 g/mol. The highest BCUT2D eigenvalue weighted by Crippen LogP contribution is 2.23. The number of nitrogens with one attached hydrogen (secondary N) is 1. The highest BCUT2D eigenvalue weighted by Gasteiger charge is 2.19. The van der Waals surface area contributed by atoms with Crippen molar-refractivity contribution in [2.75, 3.05) is 32.1 Å². The molecule has 1 atom stereocenters. The van der Waals surface area contributed by atoms with Gasteiger partial charge in [0.25, 0.3) is 0 Å². The summed E-state index contributed by atoms with van der Waals surface area (Å²) in [7, 11) is 2.17. The van der Waals surface area contributed by atoms with E-state index in [0.717, 1.165) is 18.9 Å². The summed E-state index contributed by atoms with van der Waals surface area (Å²) in [5.74, 6) is 0.957. The maximum atomic E-state index is 5.49. The largest absolute Gasteiger partial charge is 0.494 e. The summed E-state index contributed by atoms with van der Waals surface area (Å²) >= 11 is 0. The molecule has 0 radical (unpaired) electrons. The van der Waals surface area contributed by atoms with Crippen molar-refractivity contribution in [1.29, 1.82) is 0 Å². The van der Waals surface area contributed by atoms with Gasteiger partial charge in [-0.05, 0) is 57.6 Å². The topological polar surface area (TPSA) is 24.5 Å². The molecule has 1 aliphatic rings. The van der Waals surface area contributed by atoms with Crippen molar-refractivity contribution in [2.45, 2.75) is 26.3 Å². The van der Waals surface area contributed by atoms with E-state index in [4.69, 9.17) is 4.74 Å². The van der Waals surface area contributed by atoms with E-state index in [1.54, 1.807) is 0 Å². The molecule has 1 aromatic carbocycles. The first-order valence-electron chi connectivity index (χ1n) is 6.37. The average Bonchev–Trinajstić information content (AvgIpc) is 2.69. The summed E-state index contributed by atoms with van der Waals surface area (Å²) < 4.78 is 5.49. The van der Waals surface area contributed by atoms with Crippen LogP contribution < -0.4 is 10.1 Å². The first-order chi connectivity index (χ1) is 8.19. The van der Waals surface area contributed by atoms with Crippen LogP contribution in [-0.2, 0) is 0 Å². The molecule has 0 aromatic heterocycles. The zero-order valence-corrected chi connectivity index (χ0v) is 11.0. The van der Waals surface area contributed by atoms with Crippen molar-refractivity contribution in [3.05, 3.63) is 23.8 Å². The van der Waals surface area contributed by atoms with E-state index in [9.17, 15) is 0 Å². The van der Waals surface area contributed by atoms with Crippen molar-refractivity contribution < 1.29 is 4.74 Å². The molecule has 0 saturated carbocycles. The Morgan fingerprint density at radius 2 is 2.29 bits per heavy atom. The number of ether oxygens (including phenoxy) is 1. The van der Waals surface area contributed by atoms with E-state index < -0.39 is 0 Å². The zero-order valence-electron chi connectivity index (χ0n) is 11.0. The number of likely N-dealkylation sites (tertiary alicyclic amines) is 1. The van der Waals surface area contributed by atoms with Crippen LogP contribution >= 0.6 is 0 Å². The van der Waals surface area contributed by atoms with E-state index in [1.165, 1.54) is 24.2 Å². The molecule has 0 bridgehead atoms. The predicted octanol–water partition coefficient (Wildman–Crippen LogP) is 2.51. The molecule has 2 rings (SSSR count). The van der Waals surface area contributed by atoms with Crippen molar-refractivity contribution in [1.82, 2.24) is 4.90 Å². The van der Waals surface area contributed by atoms with E-state index in [0.29, 0.717) is 6.04 Å². The lowest BCUT2D eigenvalue weighted by Gasteiger charge is -2.17. The summed E-state index contributed by atoms with van der Waals surface area (Å²) in [4.78, 5) is 2.36. The van der Waals surface area contributed by atoms with E-state index in [-0.39, 0.29) is 0 Å². The van der Waals surface area contributed by atoms with Gasteiger partial charge in [-0.1, -0.05) is 0 Å². The molecule has 1 aromatic rings. The number of aryl methyl sites for hydroxylation is 1. The number of hydrogen-bond donors (Lipinski definition) is 1. The van der Waals surface area contributed by atoms with Gasteiger partial charge >= 0.3 is 0 Å². The van der Waals surface area contributed by atoms with Crippen molar-refractivity contribution in [3.8, 4) is 5.75 Å². The molecule has 0 aliphatic carbocycles. The summed E-state index contributed by atoms with van der Waals surface area (Å²) in [6, 6.07) is 6.84. The number of likely N-dealkylation sites (N-methyl/N-ethyl adjacent to an activating group) is 1. The fourth-order valence-corrected chi connectivity index (χ4v) is 2.33. The molecule has 1 aliphatic heterocycles. The third kappa shape index (κ3) is 3.13. The van der Waals surface area contributed by atoms with E-state index >= 15 is 0 Å². The van der Waals surface area contributed by atoms with Crippen LogP contribution in [-0.4, -0.2) is 37.7 Å². The minimum absolute atomic E-state index is 0.580. The van der Waals surface area contributed by atoms with Gasteiger partial charge in [-0.2, -0.15) is 0 Å². The van der Waals surface area contributed by atoms with Gasteiger partial charge in [-0.25, -0.2) is 0 Å². The van der Waals surface area contributed by atoms with Crippen LogP contribution in [0.4, 0.5) is 5.69 Å². The molecule has 0 spiro atoms. The van der Waals surface area contributed by atoms with Gasteiger partial charge < -0.3 is 15.0 Å². The standard InChI is InChI=1S/C14H22N2O/c1-4-17-13-5-6-14(11(2)9-13)15-12-7-8-16(3)10-12/h5-6,9,12,15H,4,7-8,10H2,1-3H3. The zero-order chi connectivity index (χ0) is 12.3. The second-order valence-corrected chi connectivity index (χ2v) is 4.80. The van der Waals surface area contributed by atoms with Gasteiger partial charge in [0, 0.05) is 18.3 Å². The van der Waals surface area contributed by atoms with Crippen LogP contribution in [0, 0.1) is 6.92 Å². The minimum atomic E-state index is 0.580. The molecule has 3 nitrogen and oxygen atoms in total. The second kappa shape index (κ2) is 5.41. The van der Waals surface area contributed by atoms with Crippen molar-refractivity contribution >= 4 is 5.69 Å². The SMILES string of the molecule is CCOc1ccc(NC2CCN(C)C2)c(C)c1. The smallest absolute Gasteiger partial charge is 0.119 e. The molecule has 1 N–H and O–H groups in total. The number of benzene rings is 1. The Morgan fingerprint density at radius 3 is 2.88 bits per heavy atom. The van der Waals surface area contributed by atoms with Crippen LogP contribution in [0.5, 0.6) is 5.75 Å². The maximum absolute atomic E-state index is 5.49. The van der Waals surface area contributed by atoms with Gasteiger partial charge in [0.2, 0.25) is 0 Å². The van der Waals surface area contributed by atoms with Crippen LogP contribution in [0.3, 0.4) is 0 Å². The van der Waals surface area contributed by atoms with Gasteiger partial charge in [0.05, 0.1) is 6.61 Å². The molecular formula is C14H22N2O. The van der Waals surface area contributed by atoms with Crippen LogP contribution in [0.15, 0.2) is 18.2 Å². The Bertz CT molecular complexity index is 378. The molecule has 3 heteroatoms. The Labute approximate surface area is 104 Å². The van der Waals surface area contributed by atoms with Crippen molar-refractivity contribution in [3.63, 3.8) is 0 Å². The van der Waals surface area contributed by atoms with Gasteiger partial charge in [0.15, 0.2) is 0 Å². The van der Waals surface area contributed by atoms with Crippen LogP contribution in [0.25, 0.3) is 0 Å². The quantitative estimate of drug-likeness (QED) is 0.866. The minimum Gasteiger partial charge on any atom is -0.494 e. The second-order valence-electron chi connectivity index (χ2n) is 4.80. The summed E-state index contributed by atoms with van der Waals surface area (Å²) in [5.41, 5.74) is 2.49. The number of hydrogen-bond acceptors (Lipinski definition) is 3. The first-order valence-corrected chi connectivity index (χ1v) is 6.37. The number of rotatable bonds is 4. The predicted molar refractivity (Wildman–Crippen MR) is 71.9 cm³/mol. The van der Waals surface area contributed by atoms with E-state index in [2.05, 4.69) is 36.3 Å². The monoisotopic (exact) mass is 234 g/mol. The fourth-order valence-electron chi connectivity index (χ4n) is 2.33. The van der Waals surface area contributed by atoms with Gasteiger partial charge in [-0.3, -0.25) is 0 Å². The molecule has 94 valence electrons. The summed E-state index contributed by atoms with van der Waals surface area (Å²) in [6.45, 7) is 7.18. The number of nitrogens with zero attached hydrogens (tertiary/aromatic N) is 1. The van der Waals surface area contributed by atoms with Crippen molar-refractivity contribution in [2.24, 2.45) is 0 Å². The third-order valence-electron chi connectivity index (χ3n) is 3.26. The Balaban J connectivity index is 2.01. The lowest BCUT2D eigenvalue weighted by Crippen LogP contribution is -2.23. The lowest BCUT2D eigenvalue weighted by molar-refractivity contribution is 0.340. The first kappa shape index (κ1) is 12.2. The highest BCUT2D eigenvalue weighted by molar-refractivity contribution is 5.54. The molecule has 1 fully saturated rings. The Hall–Kier alpha value is -1.22. The van der Waals surface area contributed by atoms with Crippen LogP contribution in [0.1, 0.15) is 18.9 Å². The summed E-state index contributed by atoms with van der Waals surface area (Å²) in [5, 5.41) is 3.61.